The standard InChI is InChI=1S/C22H21F2N3O2/c1-25-15-11-12-27(13-15)16-7-5-14(6-8-16)26-22(28)20-10-9-19(29-20)17-3-2-4-18(23)21(17)24/h2-10,15,25H,11-13H2,1H3,(H,26,28). The number of halogens is 2. The number of likely N-dealkylation sites (N-methyl/N-ethyl adjacent to an activating group) is 1. The van der Waals surface area contributed by atoms with E-state index in [1.54, 1.807) is 0 Å². The van der Waals surface area contributed by atoms with Crippen molar-refractivity contribution in [2.45, 2.75) is 12.5 Å². The molecule has 2 aromatic carbocycles. The summed E-state index contributed by atoms with van der Waals surface area (Å²) in [6.07, 6.45) is 1.10. The Balaban J connectivity index is 1.43. The van der Waals surface area contributed by atoms with Gasteiger partial charge >= 0.3 is 0 Å². The minimum atomic E-state index is -1.01. The highest BCUT2D eigenvalue weighted by molar-refractivity contribution is 6.02. The van der Waals surface area contributed by atoms with Crippen LogP contribution in [0.15, 0.2) is 59.0 Å². The highest BCUT2D eigenvalue weighted by Gasteiger charge is 2.21. The first-order valence-electron chi connectivity index (χ1n) is 9.43. The Morgan fingerprint density at radius 3 is 2.62 bits per heavy atom. The van der Waals surface area contributed by atoms with Crippen LogP contribution >= 0.6 is 0 Å². The Hall–Kier alpha value is -3.19. The van der Waals surface area contributed by atoms with Gasteiger partial charge in [-0.3, -0.25) is 4.79 Å². The second kappa shape index (κ2) is 8.05. The van der Waals surface area contributed by atoms with Crippen LogP contribution < -0.4 is 15.5 Å². The van der Waals surface area contributed by atoms with Crippen molar-refractivity contribution < 1.29 is 18.0 Å². The third-order valence-electron chi connectivity index (χ3n) is 5.13. The Kier molecular flexibility index (Phi) is 5.31. The van der Waals surface area contributed by atoms with E-state index in [0.717, 1.165) is 31.3 Å². The van der Waals surface area contributed by atoms with Gasteiger partial charge in [-0.25, -0.2) is 8.78 Å². The summed E-state index contributed by atoms with van der Waals surface area (Å²) >= 11 is 0. The first kappa shape index (κ1) is 19.1. The van der Waals surface area contributed by atoms with E-state index in [-0.39, 0.29) is 17.1 Å². The van der Waals surface area contributed by atoms with Gasteiger partial charge in [-0.15, -0.1) is 0 Å². The minimum absolute atomic E-state index is 0.0177. The van der Waals surface area contributed by atoms with Crippen LogP contribution in [-0.2, 0) is 0 Å². The third kappa shape index (κ3) is 4.00. The van der Waals surface area contributed by atoms with Crippen molar-refractivity contribution in [3.05, 3.63) is 72.0 Å². The van der Waals surface area contributed by atoms with Crippen LogP contribution in [0.3, 0.4) is 0 Å². The smallest absolute Gasteiger partial charge is 0.291 e. The molecule has 1 saturated heterocycles. The molecule has 0 saturated carbocycles. The monoisotopic (exact) mass is 397 g/mol. The Morgan fingerprint density at radius 1 is 1.10 bits per heavy atom. The molecule has 1 aromatic heterocycles. The number of amides is 1. The van der Waals surface area contributed by atoms with Crippen molar-refractivity contribution in [2.75, 3.05) is 30.4 Å². The summed E-state index contributed by atoms with van der Waals surface area (Å²) in [5, 5.41) is 6.04. The maximum absolute atomic E-state index is 13.9. The van der Waals surface area contributed by atoms with E-state index in [2.05, 4.69) is 15.5 Å². The van der Waals surface area contributed by atoms with Crippen molar-refractivity contribution in [1.82, 2.24) is 5.32 Å². The lowest BCUT2D eigenvalue weighted by atomic mass is 10.1. The van der Waals surface area contributed by atoms with Crippen LogP contribution in [0, 0.1) is 11.6 Å². The number of hydrogen-bond acceptors (Lipinski definition) is 4. The Morgan fingerprint density at radius 2 is 1.90 bits per heavy atom. The van der Waals surface area contributed by atoms with E-state index in [1.807, 2.05) is 31.3 Å². The van der Waals surface area contributed by atoms with Gasteiger partial charge in [0.15, 0.2) is 17.4 Å². The van der Waals surface area contributed by atoms with Gasteiger partial charge in [-0.2, -0.15) is 0 Å². The zero-order valence-corrected chi connectivity index (χ0v) is 15.9. The number of carbonyl (C=O) groups is 1. The molecule has 7 heteroatoms. The van der Waals surface area contributed by atoms with E-state index in [9.17, 15) is 13.6 Å². The molecule has 2 heterocycles. The predicted molar refractivity (Wildman–Crippen MR) is 108 cm³/mol. The molecule has 150 valence electrons. The minimum Gasteiger partial charge on any atom is -0.451 e. The highest BCUT2D eigenvalue weighted by Crippen LogP contribution is 2.27. The van der Waals surface area contributed by atoms with Crippen LogP contribution in [-0.4, -0.2) is 32.1 Å². The lowest BCUT2D eigenvalue weighted by Gasteiger charge is -2.19. The summed E-state index contributed by atoms with van der Waals surface area (Å²) in [4.78, 5) is 14.7. The van der Waals surface area contributed by atoms with Gasteiger partial charge in [0, 0.05) is 30.5 Å². The van der Waals surface area contributed by atoms with Gasteiger partial charge in [0.2, 0.25) is 0 Å². The Bertz CT molecular complexity index is 1020. The largest absolute Gasteiger partial charge is 0.451 e. The maximum Gasteiger partial charge on any atom is 0.291 e. The molecule has 29 heavy (non-hydrogen) atoms. The summed E-state index contributed by atoms with van der Waals surface area (Å²) in [7, 11) is 1.97. The van der Waals surface area contributed by atoms with Gasteiger partial charge < -0.3 is 20.0 Å². The summed E-state index contributed by atoms with van der Waals surface area (Å²) in [6.45, 7) is 1.94. The lowest BCUT2D eigenvalue weighted by Crippen LogP contribution is -2.29. The molecule has 0 aliphatic carbocycles. The van der Waals surface area contributed by atoms with Crippen molar-refractivity contribution >= 4 is 17.3 Å². The number of hydrogen-bond donors (Lipinski definition) is 2. The average Bonchev–Trinajstić information content (AvgIpc) is 3.40. The average molecular weight is 397 g/mol. The molecule has 5 nitrogen and oxygen atoms in total. The van der Waals surface area contributed by atoms with Crippen LogP contribution in [0.5, 0.6) is 0 Å². The number of benzene rings is 2. The predicted octanol–water partition coefficient (Wildman–Crippen LogP) is 4.28. The molecule has 2 N–H and O–H groups in total. The van der Waals surface area contributed by atoms with Crippen molar-refractivity contribution in [2.24, 2.45) is 0 Å². The molecule has 0 radical (unpaired) electrons. The SMILES string of the molecule is CNC1CCN(c2ccc(NC(=O)c3ccc(-c4cccc(F)c4F)o3)cc2)C1. The van der Waals surface area contributed by atoms with E-state index in [1.165, 1.54) is 24.3 Å². The van der Waals surface area contributed by atoms with Crippen molar-refractivity contribution in [3.8, 4) is 11.3 Å². The fourth-order valence-corrected chi connectivity index (χ4v) is 3.48. The zero-order chi connectivity index (χ0) is 20.4. The van der Waals surface area contributed by atoms with Gasteiger partial charge in [-0.05, 0) is 62.0 Å². The van der Waals surface area contributed by atoms with Crippen LogP contribution in [0.4, 0.5) is 20.2 Å². The van der Waals surface area contributed by atoms with Gasteiger partial charge in [0.25, 0.3) is 5.91 Å². The lowest BCUT2D eigenvalue weighted by molar-refractivity contribution is 0.0997. The van der Waals surface area contributed by atoms with Crippen LogP contribution in [0.2, 0.25) is 0 Å². The van der Waals surface area contributed by atoms with E-state index in [4.69, 9.17) is 4.42 Å². The fourth-order valence-electron chi connectivity index (χ4n) is 3.48. The normalized spacial score (nSPS) is 16.2. The quantitative estimate of drug-likeness (QED) is 0.675. The molecule has 0 bridgehead atoms. The summed E-state index contributed by atoms with van der Waals surface area (Å²) in [5.74, 6) is -2.33. The van der Waals surface area contributed by atoms with Crippen LogP contribution in [0.25, 0.3) is 11.3 Å². The zero-order valence-electron chi connectivity index (χ0n) is 15.9. The fraction of sp³-hybridized carbons (Fsp3) is 0.227. The summed E-state index contributed by atoms with van der Waals surface area (Å²) < 4.78 is 32.7. The van der Waals surface area contributed by atoms with Crippen molar-refractivity contribution in [3.63, 3.8) is 0 Å². The van der Waals surface area contributed by atoms with E-state index in [0.29, 0.717) is 11.7 Å². The summed E-state index contributed by atoms with van der Waals surface area (Å²) in [5.41, 5.74) is 1.69. The third-order valence-corrected chi connectivity index (χ3v) is 5.13. The number of nitrogens with zero attached hydrogens (tertiary/aromatic N) is 1. The number of carbonyl (C=O) groups excluding carboxylic acids is 1. The van der Waals surface area contributed by atoms with E-state index >= 15 is 0 Å². The number of nitrogens with one attached hydrogen (secondary N) is 2. The second-order valence-corrected chi connectivity index (χ2v) is 6.99. The molecule has 1 aliphatic heterocycles. The Labute approximate surface area is 167 Å². The van der Waals surface area contributed by atoms with Crippen molar-refractivity contribution in [1.29, 1.82) is 0 Å². The maximum atomic E-state index is 13.9. The molecule has 4 rings (SSSR count). The van der Waals surface area contributed by atoms with Gasteiger partial charge in [0.1, 0.15) is 5.76 Å². The number of rotatable bonds is 5. The number of furan rings is 1. The number of anilines is 2. The summed E-state index contributed by atoms with van der Waals surface area (Å²) in [6, 6.07) is 14.8. The molecule has 1 aliphatic rings. The van der Waals surface area contributed by atoms with E-state index < -0.39 is 17.5 Å². The van der Waals surface area contributed by atoms with Gasteiger partial charge in [-0.1, -0.05) is 6.07 Å². The highest BCUT2D eigenvalue weighted by atomic mass is 19.2. The molecule has 1 unspecified atom stereocenters. The van der Waals surface area contributed by atoms with Gasteiger partial charge in [0.05, 0.1) is 5.56 Å². The molecule has 1 amide bonds. The first-order valence-corrected chi connectivity index (χ1v) is 9.43. The van der Waals surface area contributed by atoms with Crippen LogP contribution in [0.1, 0.15) is 17.0 Å². The molecule has 1 atom stereocenters. The first-order chi connectivity index (χ1) is 14.0. The topological polar surface area (TPSA) is 57.5 Å². The second-order valence-electron chi connectivity index (χ2n) is 6.99. The molecule has 1 fully saturated rings. The molecular weight excluding hydrogens is 376 g/mol. The molecule has 3 aromatic rings. The molecular formula is C22H21F2N3O2. The molecule has 0 spiro atoms.